The SMILES string of the molecule is CCCc1ccc(N2CC(CNC(C)=O)OC2=O)cc1. The number of aryl methyl sites for hydroxylation is 1. The van der Waals surface area contributed by atoms with Crippen molar-refractivity contribution >= 4 is 17.7 Å². The van der Waals surface area contributed by atoms with E-state index in [0.717, 1.165) is 18.5 Å². The summed E-state index contributed by atoms with van der Waals surface area (Å²) in [5, 5.41) is 2.66. The summed E-state index contributed by atoms with van der Waals surface area (Å²) in [6.07, 6.45) is 1.49. The molecular weight excluding hydrogens is 256 g/mol. The quantitative estimate of drug-likeness (QED) is 0.896. The second-order valence-corrected chi connectivity index (χ2v) is 4.97. The highest BCUT2D eigenvalue weighted by molar-refractivity contribution is 5.89. The lowest BCUT2D eigenvalue weighted by atomic mass is 10.1. The smallest absolute Gasteiger partial charge is 0.414 e. The first-order chi connectivity index (χ1) is 9.60. The van der Waals surface area contributed by atoms with Crippen LogP contribution in [0.2, 0.25) is 0 Å². The number of carbonyl (C=O) groups excluding carboxylic acids is 2. The van der Waals surface area contributed by atoms with E-state index in [0.29, 0.717) is 13.1 Å². The Labute approximate surface area is 118 Å². The predicted octanol–water partition coefficient (Wildman–Crippen LogP) is 2.10. The Morgan fingerprint density at radius 3 is 2.70 bits per heavy atom. The van der Waals surface area contributed by atoms with Crippen LogP contribution in [0.1, 0.15) is 25.8 Å². The lowest BCUT2D eigenvalue weighted by Crippen LogP contribution is -2.33. The van der Waals surface area contributed by atoms with Crippen molar-refractivity contribution in [3.8, 4) is 0 Å². The number of cyclic esters (lactones) is 1. The molecule has 2 rings (SSSR count). The number of carbonyl (C=O) groups is 2. The molecule has 0 saturated carbocycles. The van der Waals surface area contributed by atoms with Crippen LogP contribution in [0.25, 0.3) is 0 Å². The van der Waals surface area contributed by atoms with Crippen LogP contribution < -0.4 is 10.2 Å². The molecule has 5 heteroatoms. The molecular formula is C15H20N2O3. The number of hydrogen-bond acceptors (Lipinski definition) is 3. The summed E-state index contributed by atoms with van der Waals surface area (Å²) in [6.45, 7) is 4.40. The van der Waals surface area contributed by atoms with E-state index in [1.807, 2.05) is 24.3 Å². The molecule has 0 aliphatic carbocycles. The maximum absolute atomic E-state index is 11.8. The molecule has 20 heavy (non-hydrogen) atoms. The van der Waals surface area contributed by atoms with E-state index in [-0.39, 0.29) is 18.1 Å². The second-order valence-electron chi connectivity index (χ2n) is 4.97. The van der Waals surface area contributed by atoms with Crippen molar-refractivity contribution in [3.05, 3.63) is 29.8 Å². The Balaban J connectivity index is 1.98. The van der Waals surface area contributed by atoms with Crippen LogP contribution in [0.15, 0.2) is 24.3 Å². The highest BCUT2D eigenvalue weighted by atomic mass is 16.6. The first-order valence-electron chi connectivity index (χ1n) is 6.91. The summed E-state index contributed by atoms with van der Waals surface area (Å²) < 4.78 is 5.23. The monoisotopic (exact) mass is 276 g/mol. The molecule has 1 atom stereocenters. The Morgan fingerprint density at radius 1 is 1.40 bits per heavy atom. The van der Waals surface area contributed by atoms with E-state index in [4.69, 9.17) is 4.74 Å². The number of nitrogens with zero attached hydrogens (tertiary/aromatic N) is 1. The summed E-state index contributed by atoms with van der Waals surface area (Å²) in [5.41, 5.74) is 2.10. The third-order valence-electron chi connectivity index (χ3n) is 3.24. The molecule has 5 nitrogen and oxygen atoms in total. The van der Waals surface area contributed by atoms with Gasteiger partial charge in [0, 0.05) is 12.6 Å². The molecule has 1 heterocycles. The topological polar surface area (TPSA) is 58.6 Å². The van der Waals surface area contributed by atoms with Gasteiger partial charge in [0.15, 0.2) is 0 Å². The molecule has 1 fully saturated rings. The standard InChI is InChI=1S/C15H20N2O3/c1-3-4-12-5-7-13(8-6-12)17-10-14(20-15(17)19)9-16-11(2)18/h5-8,14H,3-4,9-10H2,1-2H3,(H,16,18). The first-order valence-corrected chi connectivity index (χ1v) is 6.91. The molecule has 0 spiro atoms. The largest absolute Gasteiger partial charge is 0.442 e. The molecule has 2 amide bonds. The molecule has 1 aliphatic rings. The molecule has 1 N–H and O–H groups in total. The Hall–Kier alpha value is -2.04. The van der Waals surface area contributed by atoms with Crippen LogP contribution in [-0.4, -0.2) is 31.2 Å². The highest BCUT2D eigenvalue weighted by Crippen LogP contribution is 2.22. The number of hydrogen-bond donors (Lipinski definition) is 1. The summed E-state index contributed by atoms with van der Waals surface area (Å²) in [6, 6.07) is 7.95. The zero-order chi connectivity index (χ0) is 14.5. The van der Waals surface area contributed by atoms with Crippen molar-refractivity contribution in [1.82, 2.24) is 5.32 Å². The fraction of sp³-hybridized carbons (Fsp3) is 0.467. The van der Waals surface area contributed by atoms with Crippen LogP contribution in [0, 0.1) is 0 Å². The van der Waals surface area contributed by atoms with Gasteiger partial charge in [-0.25, -0.2) is 4.79 Å². The van der Waals surface area contributed by atoms with Crippen molar-refractivity contribution in [2.45, 2.75) is 32.8 Å². The highest BCUT2D eigenvalue weighted by Gasteiger charge is 2.32. The second kappa shape index (κ2) is 6.41. The van der Waals surface area contributed by atoms with Crippen molar-refractivity contribution < 1.29 is 14.3 Å². The van der Waals surface area contributed by atoms with E-state index >= 15 is 0 Å². The van der Waals surface area contributed by atoms with Crippen molar-refractivity contribution in [2.75, 3.05) is 18.0 Å². The van der Waals surface area contributed by atoms with Gasteiger partial charge >= 0.3 is 6.09 Å². The van der Waals surface area contributed by atoms with Gasteiger partial charge in [0.25, 0.3) is 0 Å². The third kappa shape index (κ3) is 3.50. The van der Waals surface area contributed by atoms with Crippen molar-refractivity contribution in [1.29, 1.82) is 0 Å². The maximum Gasteiger partial charge on any atom is 0.414 e. The third-order valence-corrected chi connectivity index (χ3v) is 3.24. The Bertz CT molecular complexity index is 484. The van der Waals surface area contributed by atoms with E-state index in [1.54, 1.807) is 4.90 Å². The average Bonchev–Trinajstić information content (AvgIpc) is 2.79. The zero-order valence-corrected chi connectivity index (χ0v) is 11.9. The molecule has 1 aromatic rings. The maximum atomic E-state index is 11.8. The number of amides is 2. The molecule has 0 bridgehead atoms. The van der Waals surface area contributed by atoms with E-state index < -0.39 is 0 Å². The van der Waals surface area contributed by atoms with E-state index in [9.17, 15) is 9.59 Å². The summed E-state index contributed by atoms with van der Waals surface area (Å²) in [7, 11) is 0. The van der Waals surface area contributed by atoms with Gasteiger partial charge in [-0.15, -0.1) is 0 Å². The average molecular weight is 276 g/mol. The number of nitrogens with one attached hydrogen (secondary N) is 1. The lowest BCUT2D eigenvalue weighted by molar-refractivity contribution is -0.119. The normalized spacial score (nSPS) is 18.0. The summed E-state index contributed by atoms with van der Waals surface area (Å²) >= 11 is 0. The summed E-state index contributed by atoms with van der Waals surface area (Å²) in [5.74, 6) is -0.122. The number of benzene rings is 1. The number of rotatable bonds is 5. The van der Waals surface area contributed by atoms with Gasteiger partial charge in [0.1, 0.15) is 6.10 Å². The van der Waals surface area contributed by atoms with Crippen LogP contribution in [-0.2, 0) is 16.0 Å². The number of anilines is 1. The van der Waals surface area contributed by atoms with Crippen molar-refractivity contribution in [2.24, 2.45) is 0 Å². The van der Waals surface area contributed by atoms with Crippen LogP contribution in [0.5, 0.6) is 0 Å². The number of ether oxygens (including phenoxy) is 1. The molecule has 0 aromatic heterocycles. The van der Waals surface area contributed by atoms with Gasteiger partial charge in [-0.1, -0.05) is 25.5 Å². The molecule has 1 saturated heterocycles. The molecule has 108 valence electrons. The van der Waals surface area contributed by atoms with Gasteiger partial charge in [0.2, 0.25) is 5.91 Å². The van der Waals surface area contributed by atoms with Gasteiger partial charge in [-0.05, 0) is 24.1 Å². The minimum atomic E-state index is -0.358. The molecule has 1 aromatic carbocycles. The van der Waals surface area contributed by atoms with Gasteiger partial charge < -0.3 is 10.1 Å². The van der Waals surface area contributed by atoms with Gasteiger partial charge in [0.05, 0.1) is 13.1 Å². The van der Waals surface area contributed by atoms with E-state index in [1.165, 1.54) is 12.5 Å². The Morgan fingerprint density at radius 2 is 2.10 bits per heavy atom. The minimum Gasteiger partial charge on any atom is -0.442 e. The predicted molar refractivity (Wildman–Crippen MR) is 76.7 cm³/mol. The molecule has 1 unspecified atom stereocenters. The van der Waals surface area contributed by atoms with Crippen LogP contribution >= 0.6 is 0 Å². The van der Waals surface area contributed by atoms with Crippen LogP contribution in [0.4, 0.5) is 10.5 Å². The fourth-order valence-corrected chi connectivity index (χ4v) is 2.23. The molecule has 0 radical (unpaired) electrons. The lowest BCUT2D eigenvalue weighted by Gasteiger charge is -2.13. The first kappa shape index (κ1) is 14.4. The van der Waals surface area contributed by atoms with E-state index in [2.05, 4.69) is 12.2 Å². The van der Waals surface area contributed by atoms with Crippen molar-refractivity contribution in [3.63, 3.8) is 0 Å². The Kier molecular flexibility index (Phi) is 4.61. The molecule has 1 aliphatic heterocycles. The summed E-state index contributed by atoms with van der Waals surface area (Å²) in [4.78, 5) is 24.3. The van der Waals surface area contributed by atoms with Crippen LogP contribution in [0.3, 0.4) is 0 Å². The van der Waals surface area contributed by atoms with Gasteiger partial charge in [-0.2, -0.15) is 0 Å². The zero-order valence-electron chi connectivity index (χ0n) is 11.9. The fourth-order valence-electron chi connectivity index (χ4n) is 2.23. The van der Waals surface area contributed by atoms with Gasteiger partial charge in [-0.3, -0.25) is 9.69 Å². The minimum absolute atomic E-state index is 0.122.